The first-order chi connectivity index (χ1) is 17.0. The van der Waals surface area contributed by atoms with Gasteiger partial charge in [-0.25, -0.2) is 9.97 Å². The Labute approximate surface area is 205 Å². The SMILES string of the molecule is CC1(C(=O)N2CCC(CC(=O)Nc3ccc4nccnc4c3)CC2)CCN(c2ncccn2)CC1. The van der Waals surface area contributed by atoms with Crippen LogP contribution in [0.2, 0.25) is 0 Å². The fourth-order valence-electron chi connectivity index (χ4n) is 5.11. The minimum Gasteiger partial charge on any atom is -0.342 e. The molecule has 3 aromatic rings. The predicted octanol–water partition coefficient (Wildman–Crippen LogP) is 3.29. The van der Waals surface area contributed by atoms with Crippen LogP contribution >= 0.6 is 0 Å². The summed E-state index contributed by atoms with van der Waals surface area (Å²) in [6.45, 7) is 5.07. The van der Waals surface area contributed by atoms with Gasteiger partial charge in [0.05, 0.1) is 11.0 Å². The maximum Gasteiger partial charge on any atom is 0.228 e. The molecule has 5 rings (SSSR count). The molecule has 2 aromatic heterocycles. The molecule has 2 aliphatic rings. The number of hydrogen-bond acceptors (Lipinski definition) is 7. The molecule has 4 heterocycles. The third kappa shape index (κ3) is 5.23. The number of amides is 2. The summed E-state index contributed by atoms with van der Waals surface area (Å²) < 4.78 is 0. The van der Waals surface area contributed by atoms with Crippen LogP contribution in [-0.4, -0.2) is 62.8 Å². The van der Waals surface area contributed by atoms with Gasteiger partial charge in [-0.05, 0) is 55.9 Å². The van der Waals surface area contributed by atoms with Crippen LogP contribution in [0.1, 0.15) is 39.0 Å². The molecule has 1 aromatic carbocycles. The van der Waals surface area contributed by atoms with E-state index in [2.05, 4.69) is 37.1 Å². The first kappa shape index (κ1) is 23.1. The van der Waals surface area contributed by atoms with Gasteiger partial charge < -0.3 is 15.1 Å². The maximum atomic E-state index is 13.4. The average molecular weight is 474 g/mol. The van der Waals surface area contributed by atoms with Gasteiger partial charge >= 0.3 is 0 Å². The van der Waals surface area contributed by atoms with Crippen molar-refractivity contribution in [2.24, 2.45) is 11.3 Å². The second-order valence-electron chi connectivity index (χ2n) is 9.84. The minimum atomic E-state index is -0.353. The van der Waals surface area contributed by atoms with Crippen molar-refractivity contribution in [1.82, 2.24) is 24.8 Å². The molecule has 0 aliphatic carbocycles. The van der Waals surface area contributed by atoms with Crippen LogP contribution in [0.3, 0.4) is 0 Å². The zero-order chi connectivity index (χ0) is 24.3. The zero-order valence-electron chi connectivity index (χ0n) is 20.1. The van der Waals surface area contributed by atoms with Crippen molar-refractivity contribution in [3.8, 4) is 0 Å². The lowest BCUT2D eigenvalue weighted by Gasteiger charge is -2.42. The monoisotopic (exact) mass is 473 g/mol. The molecule has 0 atom stereocenters. The summed E-state index contributed by atoms with van der Waals surface area (Å²) in [5.74, 6) is 1.26. The number of piperidine rings is 2. The maximum absolute atomic E-state index is 13.4. The highest BCUT2D eigenvalue weighted by molar-refractivity contribution is 5.93. The van der Waals surface area contributed by atoms with Gasteiger partial charge in [-0.15, -0.1) is 0 Å². The van der Waals surface area contributed by atoms with E-state index in [1.165, 1.54) is 0 Å². The second kappa shape index (κ2) is 9.93. The number of anilines is 2. The summed E-state index contributed by atoms with van der Waals surface area (Å²) in [6, 6.07) is 7.37. The summed E-state index contributed by atoms with van der Waals surface area (Å²) >= 11 is 0. The molecule has 2 saturated heterocycles. The van der Waals surface area contributed by atoms with Crippen LogP contribution in [-0.2, 0) is 9.59 Å². The van der Waals surface area contributed by atoms with E-state index in [1.807, 2.05) is 29.2 Å². The third-order valence-corrected chi connectivity index (χ3v) is 7.35. The summed E-state index contributed by atoms with van der Waals surface area (Å²) in [5, 5.41) is 2.99. The predicted molar refractivity (Wildman–Crippen MR) is 134 cm³/mol. The average Bonchev–Trinajstić information content (AvgIpc) is 2.89. The summed E-state index contributed by atoms with van der Waals surface area (Å²) in [4.78, 5) is 47.4. The number of nitrogens with one attached hydrogen (secondary N) is 1. The van der Waals surface area contributed by atoms with E-state index in [4.69, 9.17) is 0 Å². The Morgan fingerprint density at radius 3 is 2.34 bits per heavy atom. The van der Waals surface area contributed by atoms with Crippen molar-refractivity contribution in [1.29, 1.82) is 0 Å². The Morgan fingerprint density at radius 2 is 1.63 bits per heavy atom. The van der Waals surface area contributed by atoms with Gasteiger partial charge in [0.2, 0.25) is 17.8 Å². The fraction of sp³-hybridized carbons (Fsp3) is 0.462. The minimum absolute atomic E-state index is 0.000446. The molecule has 0 bridgehead atoms. The molecular formula is C26H31N7O2. The van der Waals surface area contributed by atoms with Gasteiger partial charge in [0, 0.05) is 68.5 Å². The number of likely N-dealkylation sites (tertiary alicyclic amines) is 1. The Bertz CT molecular complexity index is 1190. The van der Waals surface area contributed by atoms with Crippen LogP contribution < -0.4 is 10.2 Å². The topological polar surface area (TPSA) is 104 Å². The van der Waals surface area contributed by atoms with Crippen LogP contribution in [0.25, 0.3) is 11.0 Å². The largest absolute Gasteiger partial charge is 0.342 e. The Kier molecular flexibility index (Phi) is 6.57. The van der Waals surface area contributed by atoms with Gasteiger partial charge in [-0.2, -0.15) is 0 Å². The molecule has 9 nitrogen and oxygen atoms in total. The van der Waals surface area contributed by atoms with Gasteiger partial charge in [-0.1, -0.05) is 6.92 Å². The van der Waals surface area contributed by atoms with Crippen molar-refractivity contribution in [3.63, 3.8) is 0 Å². The van der Waals surface area contributed by atoms with Crippen LogP contribution in [0.5, 0.6) is 0 Å². The smallest absolute Gasteiger partial charge is 0.228 e. The van der Waals surface area contributed by atoms with Gasteiger partial charge in [-0.3, -0.25) is 19.6 Å². The van der Waals surface area contributed by atoms with Crippen molar-refractivity contribution < 1.29 is 9.59 Å². The third-order valence-electron chi connectivity index (χ3n) is 7.35. The standard InChI is InChI=1S/C26H31N7O2/c1-26(7-15-33(16-8-26)25-29-9-2-10-30-25)24(35)32-13-5-19(6-14-32)17-23(34)31-20-3-4-21-22(18-20)28-12-11-27-21/h2-4,9-12,18-19H,5-8,13-17H2,1H3,(H,31,34). The van der Waals surface area contributed by atoms with E-state index in [9.17, 15) is 9.59 Å². The quantitative estimate of drug-likeness (QED) is 0.606. The lowest BCUT2D eigenvalue weighted by Crippen LogP contribution is -2.51. The lowest BCUT2D eigenvalue weighted by molar-refractivity contribution is -0.144. The molecule has 0 spiro atoms. The molecule has 2 amide bonds. The van der Waals surface area contributed by atoms with E-state index in [-0.39, 0.29) is 23.1 Å². The highest BCUT2D eigenvalue weighted by atomic mass is 16.2. The molecule has 0 radical (unpaired) electrons. The van der Waals surface area contributed by atoms with Crippen LogP contribution in [0, 0.1) is 11.3 Å². The number of aromatic nitrogens is 4. The molecular weight excluding hydrogens is 442 g/mol. The molecule has 2 fully saturated rings. The molecule has 2 aliphatic heterocycles. The summed E-state index contributed by atoms with van der Waals surface area (Å²) in [6.07, 6.45) is 10.6. The Balaban J connectivity index is 1.09. The highest BCUT2D eigenvalue weighted by Gasteiger charge is 2.41. The Morgan fingerprint density at radius 1 is 0.943 bits per heavy atom. The van der Waals surface area contributed by atoms with E-state index in [0.29, 0.717) is 19.5 Å². The number of carbonyl (C=O) groups is 2. The molecule has 0 unspecified atom stereocenters. The van der Waals surface area contributed by atoms with Crippen LogP contribution in [0.15, 0.2) is 49.1 Å². The van der Waals surface area contributed by atoms with Gasteiger partial charge in [0.1, 0.15) is 0 Å². The molecule has 1 N–H and O–H groups in total. The van der Waals surface area contributed by atoms with Crippen molar-refractivity contribution in [2.75, 3.05) is 36.4 Å². The van der Waals surface area contributed by atoms with E-state index in [0.717, 1.165) is 61.4 Å². The normalized spacial score (nSPS) is 18.4. The molecule has 9 heteroatoms. The molecule has 35 heavy (non-hydrogen) atoms. The van der Waals surface area contributed by atoms with E-state index >= 15 is 0 Å². The van der Waals surface area contributed by atoms with Crippen LogP contribution in [0.4, 0.5) is 11.6 Å². The summed E-state index contributed by atoms with van der Waals surface area (Å²) in [5.41, 5.74) is 1.94. The van der Waals surface area contributed by atoms with Gasteiger partial charge in [0.25, 0.3) is 0 Å². The van der Waals surface area contributed by atoms with Crippen molar-refractivity contribution in [3.05, 3.63) is 49.1 Å². The highest BCUT2D eigenvalue weighted by Crippen LogP contribution is 2.35. The van der Waals surface area contributed by atoms with Crippen molar-refractivity contribution in [2.45, 2.75) is 39.0 Å². The number of benzene rings is 1. The molecule has 0 saturated carbocycles. The fourth-order valence-corrected chi connectivity index (χ4v) is 5.11. The van der Waals surface area contributed by atoms with Gasteiger partial charge in [0.15, 0.2) is 0 Å². The zero-order valence-corrected chi connectivity index (χ0v) is 20.1. The van der Waals surface area contributed by atoms with E-state index in [1.54, 1.807) is 24.8 Å². The second-order valence-corrected chi connectivity index (χ2v) is 9.84. The first-order valence-electron chi connectivity index (χ1n) is 12.3. The first-order valence-corrected chi connectivity index (χ1v) is 12.3. The lowest BCUT2D eigenvalue weighted by atomic mass is 9.78. The number of hydrogen-bond donors (Lipinski definition) is 1. The number of carbonyl (C=O) groups excluding carboxylic acids is 2. The summed E-state index contributed by atoms with van der Waals surface area (Å²) in [7, 11) is 0. The molecule has 182 valence electrons. The number of fused-ring (bicyclic) bond motifs is 1. The number of rotatable bonds is 5. The van der Waals surface area contributed by atoms with E-state index < -0.39 is 0 Å². The van der Waals surface area contributed by atoms with Crippen molar-refractivity contribution >= 4 is 34.5 Å². The number of nitrogens with zero attached hydrogens (tertiary/aromatic N) is 6. The Hall–Kier alpha value is -3.62.